The molecule has 2 aromatic carbocycles. The molecule has 5 nitrogen and oxygen atoms in total. The quantitative estimate of drug-likeness (QED) is 0.117. The van der Waals surface area contributed by atoms with Gasteiger partial charge in [0.1, 0.15) is 11.5 Å². The van der Waals surface area contributed by atoms with Gasteiger partial charge in [0.2, 0.25) is 0 Å². The zero-order valence-corrected chi connectivity index (χ0v) is 21.0. The van der Waals surface area contributed by atoms with Crippen molar-refractivity contribution in [1.82, 2.24) is 0 Å². The molecular formula is C29H44N2O3. The Labute approximate surface area is 206 Å². The highest BCUT2D eigenvalue weighted by atomic mass is 16.5. The van der Waals surface area contributed by atoms with Crippen LogP contribution < -0.4 is 15.8 Å². The van der Waals surface area contributed by atoms with Crippen molar-refractivity contribution in [3.05, 3.63) is 48.0 Å². The summed E-state index contributed by atoms with van der Waals surface area (Å²) in [5.41, 5.74) is 6.88. The molecule has 0 saturated heterocycles. The van der Waals surface area contributed by atoms with Crippen molar-refractivity contribution in [2.45, 2.75) is 96.8 Å². The maximum atomic E-state index is 12.5. The van der Waals surface area contributed by atoms with Gasteiger partial charge in [-0.05, 0) is 36.8 Å². The number of hydrogen-bond donors (Lipinski definition) is 3. The molecule has 2 rings (SSSR count). The summed E-state index contributed by atoms with van der Waals surface area (Å²) in [6.07, 6.45) is 18.6. The van der Waals surface area contributed by atoms with Crippen LogP contribution in [0, 0.1) is 0 Å². The molecule has 0 fully saturated rings. The zero-order valence-electron chi connectivity index (χ0n) is 21.0. The molecule has 0 spiro atoms. The van der Waals surface area contributed by atoms with Gasteiger partial charge in [-0.2, -0.15) is 0 Å². The summed E-state index contributed by atoms with van der Waals surface area (Å²) in [7, 11) is 0. The van der Waals surface area contributed by atoms with Gasteiger partial charge in [0.15, 0.2) is 0 Å². The van der Waals surface area contributed by atoms with Crippen molar-refractivity contribution in [3.63, 3.8) is 0 Å². The lowest BCUT2D eigenvalue weighted by Gasteiger charge is -2.10. The predicted octanol–water partition coefficient (Wildman–Crippen LogP) is 8.09. The number of carbonyl (C=O) groups is 1. The van der Waals surface area contributed by atoms with Crippen molar-refractivity contribution in [2.75, 3.05) is 17.7 Å². The van der Waals surface area contributed by atoms with Gasteiger partial charge >= 0.3 is 0 Å². The Morgan fingerprint density at radius 2 is 1.41 bits per heavy atom. The molecule has 0 bridgehead atoms. The number of ether oxygens (including phenoxy) is 1. The van der Waals surface area contributed by atoms with Gasteiger partial charge in [0, 0.05) is 17.3 Å². The number of carbonyl (C=O) groups excluding carboxylic acids is 1. The van der Waals surface area contributed by atoms with Crippen LogP contribution in [-0.4, -0.2) is 17.6 Å². The van der Waals surface area contributed by atoms with Crippen LogP contribution >= 0.6 is 0 Å². The molecule has 0 aliphatic rings. The van der Waals surface area contributed by atoms with Crippen LogP contribution in [-0.2, 0) is 0 Å². The monoisotopic (exact) mass is 468 g/mol. The molecule has 0 aromatic heterocycles. The second kappa shape index (κ2) is 16.9. The molecule has 0 aliphatic carbocycles. The van der Waals surface area contributed by atoms with E-state index in [2.05, 4.69) is 12.2 Å². The Hall–Kier alpha value is -2.69. The number of unbranched alkanes of at least 4 members (excludes halogenated alkanes) is 13. The number of benzene rings is 2. The molecule has 0 saturated carbocycles. The standard InChI is InChI=1S/C29H44N2O3/c1-2-3-4-5-6-7-8-9-10-11-12-13-14-15-21-34-26-18-16-17-24(22-26)29(33)31-27-20-19-25(30)23-28(27)32/h16-20,22-23,32H,2-15,21,30H2,1H3,(H,31,33). The molecule has 2 aromatic rings. The lowest BCUT2D eigenvalue weighted by molar-refractivity contribution is 0.102. The number of rotatable bonds is 18. The molecule has 0 aliphatic heterocycles. The Balaban J connectivity index is 1.52. The fourth-order valence-electron chi connectivity index (χ4n) is 4.06. The first-order valence-electron chi connectivity index (χ1n) is 13.2. The second-order valence-corrected chi connectivity index (χ2v) is 9.20. The van der Waals surface area contributed by atoms with Gasteiger partial charge in [0.05, 0.1) is 12.3 Å². The van der Waals surface area contributed by atoms with Gasteiger partial charge in [-0.3, -0.25) is 4.79 Å². The van der Waals surface area contributed by atoms with Crippen molar-refractivity contribution in [1.29, 1.82) is 0 Å². The lowest BCUT2D eigenvalue weighted by Crippen LogP contribution is -2.12. The topological polar surface area (TPSA) is 84.6 Å². The summed E-state index contributed by atoms with van der Waals surface area (Å²) in [5, 5.41) is 12.6. The summed E-state index contributed by atoms with van der Waals surface area (Å²) in [4.78, 5) is 12.5. The van der Waals surface area contributed by atoms with Crippen LogP contribution in [0.1, 0.15) is 107 Å². The minimum Gasteiger partial charge on any atom is -0.506 e. The van der Waals surface area contributed by atoms with Crippen LogP contribution in [0.5, 0.6) is 11.5 Å². The molecule has 0 heterocycles. The first-order valence-corrected chi connectivity index (χ1v) is 13.2. The van der Waals surface area contributed by atoms with Crippen LogP contribution in [0.4, 0.5) is 11.4 Å². The molecular weight excluding hydrogens is 424 g/mol. The molecule has 0 atom stereocenters. The second-order valence-electron chi connectivity index (χ2n) is 9.20. The molecule has 34 heavy (non-hydrogen) atoms. The fraction of sp³-hybridized carbons (Fsp3) is 0.552. The molecule has 0 unspecified atom stereocenters. The number of phenols is 1. The van der Waals surface area contributed by atoms with Crippen molar-refractivity contribution in [2.24, 2.45) is 0 Å². The van der Waals surface area contributed by atoms with E-state index in [0.29, 0.717) is 29.3 Å². The number of anilines is 2. The maximum Gasteiger partial charge on any atom is 0.255 e. The summed E-state index contributed by atoms with van der Waals surface area (Å²) < 4.78 is 5.85. The van der Waals surface area contributed by atoms with E-state index in [9.17, 15) is 9.90 Å². The molecule has 4 N–H and O–H groups in total. The third-order valence-electron chi connectivity index (χ3n) is 6.13. The lowest BCUT2D eigenvalue weighted by atomic mass is 10.0. The number of amides is 1. The highest BCUT2D eigenvalue weighted by molar-refractivity contribution is 6.05. The van der Waals surface area contributed by atoms with E-state index in [4.69, 9.17) is 10.5 Å². The van der Waals surface area contributed by atoms with E-state index in [-0.39, 0.29) is 11.7 Å². The Morgan fingerprint density at radius 3 is 2.00 bits per heavy atom. The van der Waals surface area contributed by atoms with E-state index in [1.165, 1.54) is 89.5 Å². The average Bonchev–Trinajstić information content (AvgIpc) is 2.83. The Bertz CT molecular complexity index is 838. The van der Waals surface area contributed by atoms with Gasteiger partial charge in [-0.1, -0.05) is 96.5 Å². The first kappa shape index (κ1) is 27.6. The maximum absolute atomic E-state index is 12.5. The first-order chi connectivity index (χ1) is 16.6. The number of aromatic hydroxyl groups is 1. The average molecular weight is 469 g/mol. The van der Waals surface area contributed by atoms with E-state index in [0.717, 1.165) is 6.42 Å². The van der Waals surface area contributed by atoms with Crippen LogP contribution in [0.2, 0.25) is 0 Å². The molecule has 1 amide bonds. The number of nitrogens with two attached hydrogens (primary N) is 1. The highest BCUT2D eigenvalue weighted by Gasteiger charge is 2.10. The fourth-order valence-corrected chi connectivity index (χ4v) is 4.06. The summed E-state index contributed by atoms with van der Waals surface area (Å²) in [6.45, 7) is 2.93. The van der Waals surface area contributed by atoms with Gasteiger partial charge in [-0.15, -0.1) is 0 Å². The minimum absolute atomic E-state index is 0.0569. The van der Waals surface area contributed by atoms with E-state index in [1.807, 2.05) is 6.07 Å². The Morgan fingerprint density at radius 1 is 0.824 bits per heavy atom. The highest BCUT2D eigenvalue weighted by Crippen LogP contribution is 2.26. The van der Waals surface area contributed by atoms with Crippen LogP contribution in [0.25, 0.3) is 0 Å². The van der Waals surface area contributed by atoms with Crippen LogP contribution in [0.15, 0.2) is 42.5 Å². The molecule has 188 valence electrons. The van der Waals surface area contributed by atoms with Crippen molar-refractivity contribution >= 4 is 17.3 Å². The summed E-state index contributed by atoms with van der Waals surface area (Å²) >= 11 is 0. The van der Waals surface area contributed by atoms with E-state index < -0.39 is 0 Å². The minimum atomic E-state index is -0.304. The molecule has 5 heteroatoms. The zero-order chi connectivity index (χ0) is 24.4. The normalized spacial score (nSPS) is 10.9. The van der Waals surface area contributed by atoms with E-state index in [1.54, 1.807) is 30.3 Å². The summed E-state index contributed by atoms with van der Waals surface area (Å²) in [5.74, 6) is 0.324. The molecule has 0 radical (unpaired) electrons. The number of nitrogens with one attached hydrogen (secondary N) is 1. The van der Waals surface area contributed by atoms with Gasteiger partial charge in [0.25, 0.3) is 5.91 Å². The van der Waals surface area contributed by atoms with Gasteiger partial charge < -0.3 is 20.9 Å². The van der Waals surface area contributed by atoms with Gasteiger partial charge in [-0.25, -0.2) is 0 Å². The smallest absolute Gasteiger partial charge is 0.255 e. The third-order valence-corrected chi connectivity index (χ3v) is 6.13. The van der Waals surface area contributed by atoms with Crippen molar-refractivity contribution in [3.8, 4) is 11.5 Å². The SMILES string of the molecule is CCCCCCCCCCCCCCCCOc1cccc(C(=O)Nc2ccc(N)cc2O)c1. The summed E-state index contributed by atoms with van der Waals surface area (Å²) in [6, 6.07) is 11.7. The largest absolute Gasteiger partial charge is 0.506 e. The third kappa shape index (κ3) is 11.4. The number of hydrogen-bond acceptors (Lipinski definition) is 4. The van der Waals surface area contributed by atoms with E-state index >= 15 is 0 Å². The number of nitrogen functional groups attached to an aromatic ring is 1. The Kier molecular flexibility index (Phi) is 13.7. The number of phenolic OH excluding ortho intramolecular Hbond substituents is 1. The van der Waals surface area contributed by atoms with Crippen LogP contribution in [0.3, 0.4) is 0 Å². The van der Waals surface area contributed by atoms with Crippen molar-refractivity contribution < 1.29 is 14.6 Å². The predicted molar refractivity (Wildman–Crippen MR) is 143 cm³/mol.